The van der Waals surface area contributed by atoms with E-state index in [1.807, 2.05) is 37.3 Å². The highest BCUT2D eigenvalue weighted by molar-refractivity contribution is 5.99. The Morgan fingerprint density at radius 3 is 2.35 bits per heavy atom. The van der Waals surface area contributed by atoms with Crippen LogP contribution in [0.25, 0.3) is 0 Å². The van der Waals surface area contributed by atoms with Crippen LogP contribution in [0.3, 0.4) is 0 Å². The van der Waals surface area contributed by atoms with E-state index in [4.69, 9.17) is 0 Å². The van der Waals surface area contributed by atoms with E-state index in [2.05, 4.69) is 0 Å². The molecule has 1 saturated carbocycles. The largest absolute Gasteiger partial charge is 0.389 e. The third-order valence-corrected chi connectivity index (χ3v) is 5.46. The van der Waals surface area contributed by atoms with Crippen molar-refractivity contribution >= 4 is 5.78 Å². The topological polar surface area (TPSA) is 80.4 Å². The van der Waals surface area contributed by atoms with Gasteiger partial charge in [-0.2, -0.15) is 0 Å². The molecule has 2 aromatic carbocycles. The Balaban J connectivity index is 2.11. The monoisotopic (exact) mass is 353 g/mol. The fourth-order valence-electron chi connectivity index (χ4n) is 4.05. The predicted molar refractivity (Wildman–Crippen MR) is 98.8 cm³/mol. The Morgan fingerprint density at radius 2 is 1.77 bits per heavy atom. The highest BCUT2D eigenvalue weighted by atomic mass is 16.6. The van der Waals surface area contributed by atoms with Gasteiger partial charge in [-0.1, -0.05) is 60.2 Å². The highest BCUT2D eigenvalue weighted by Gasteiger charge is 2.54. The summed E-state index contributed by atoms with van der Waals surface area (Å²) in [6, 6.07) is 15.3. The number of carbonyl (C=O) groups excluding carboxylic acids is 1. The summed E-state index contributed by atoms with van der Waals surface area (Å²) in [5.74, 6) is -1.77. The van der Waals surface area contributed by atoms with Crippen molar-refractivity contribution in [1.82, 2.24) is 0 Å². The lowest BCUT2D eigenvalue weighted by atomic mass is 9.62. The Kier molecular flexibility index (Phi) is 4.92. The van der Waals surface area contributed by atoms with Gasteiger partial charge in [-0.25, -0.2) is 0 Å². The van der Waals surface area contributed by atoms with Gasteiger partial charge in [0.1, 0.15) is 0 Å². The molecule has 1 N–H and O–H groups in total. The minimum atomic E-state index is -1.30. The Labute approximate surface area is 152 Å². The van der Waals surface area contributed by atoms with E-state index in [9.17, 15) is 20.0 Å². The summed E-state index contributed by atoms with van der Waals surface area (Å²) in [4.78, 5) is 24.7. The van der Waals surface area contributed by atoms with E-state index in [1.54, 1.807) is 31.2 Å². The molecule has 0 aliphatic heterocycles. The molecule has 0 bridgehead atoms. The predicted octanol–water partition coefficient (Wildman–Crippen LogP) is 3.77. The highest BCUT2D eigenvalue weighted by Crippen LogP contribution is 2.46. The molecule has 26 heavy (non-hydrogen) atoms. The number of nitrogens with zero attached hydrogens (tertiary/aromatic N) is 1. The van der Waals surface area contributed by atoms with Gasteiger partial charge in [0.25, 0.3) is 0 Å². The van der Waals surface area contributed by atoms with Crippen LogP contribution in [-0.2, 0) is 0 Å². The molecule has 0 radical (unpaired) electrons. The molecule has 1 aliphatic carbocycles. The van der Waals surface area contributed by atoms with Crippen molar-refractivity contribution in [3.8, 4) is 0 Å². The second-order valence-corrected chi connectivity index (χ2v) is 7.39. The molecule has 4 atom stereocenters. The summed E-state index contributed by atoms with van der Waals surface area (Å²) in [6.45, 7) is 3.56. The van der Waals surface area contributed by atoms with Gasteiger partial charge < -0.3 is 5.11 Å². The van der Waals surface area contributed by atoms with Crippen molar-refractivity contribution in [2.45, 2.75) is 44.2 Å². The van der Waals surface area contributed by atoms with Crippen LogP contribution in [0.15, 0.2) is 54.6 Å². The Morgan fingerprint density at radius 1 is 1.15 bits per heavy atom. The summed E-state index contributed by atoms with van der Waals surface area (Å²) in [5, 5.41) is 22.7. The van der Waals surface area contributed by atoms with Gasteiger partial charge in [-0.3, -0.25) is 14.9 Å². The van der Waals surface area contributed by atoms with Crippen LogP contribution in [0.5, 0.6) is 0 Å². The van der Waals surface area contributed by atoms with Crippen LogP contribution in [-0.4, -0.2) is 27.5 Å². The van der Waals surface area contributed by atoms with E-state index < -0.39 is 23.5 Å². The molecule has 0 spiro atoms. The van der Waals surface area contributed by atoms with Gasteiger partial charge in [0.15, 0.2) is 5.78 Å². The number of carbonyl (C=O) groups is 1. The van der Waals surface area contributed by atoms with Gasteiger partial charge in [0.05, 0.1) is 17.4 Å². The molecule has 0 heterocycles. The SMILES string of the molecule is Cc1ccc([C@@H]2[C@@H]([N+](=O)[O-])CC[C@@](C)(O)[C@H]2C(=O)c2ccccc2)cc1. The lowest BCUT2D eigenvalue weighted by Crippen LogP contribution is -2.52. The first kappa shape index (κ1) is 18.3. The van der Waals surface area contributed by atoms with Crippen LogP contribution >= 0.6 is 0 Å². The fraction of sp³-hybridized carbons (Fsp3) is 0.381. The molecular weight excluding hydrogens is 330 g/mol. The van der Waals surface area contributed by atoms with Crippen molar-refractivity contribution in [3.63, 3.8) is 0 Å². The number of rotatable bonds is 4. The van der Waals surface area contributed by atoms with Crippen molar-refractivity contribution in [2.24, 2.45) is 5.92 Å². The lowest BCUT2D eigenvalue weighted by molar-refractivity contribution is -0.533. The maximum atomic E-state index is 13.3. The van der Waals surface area contributed by atoms with E-state index in [0.29, 0.717) is 5.56 Å². The lowest BCUT2D eigenvalue weighted by Gasteiger charge is -2.43. The van der Waals surface area contributed by atoms with Crippen molar-refractivity contribution in [1.29, 1.82) is 0 Å². The van der Waals surface area contributed by atoms with Gasteiger partial charge in [-0.05, 0) is 25.8 Å². The summed E-state index contributed by atoms with van der Waals surface area (Å²) < 4.78 is 0. The van der Waals surface area contributed by atoms with E-state index >= 15 is 0 Å². The standard InChI is InChI=1S/C21H23NO4/c1-14-8-10-15(11-9-14)18-17(22(25)26)12-13-21(2,24)19(18)20(23)16-6-4-3-5-7-16/h3-11,17-19,24H,12-13H2,1-2H3/t17-,18+,19+,21+/m0/s1. The molecular formula is C21H23NO4. The molecule has 0 amide bonds. The average molecular weight is 353 g/mol. The number of aryl methyl sites for hydroxylation is 1. The number of hydrogen-bond donors (Lipinski definition) is 1. The number of ketones is 1. The zero-order valence-electron chi connectivity index (χ0n) is 15.0. The number of Topliss-reactive ketones (excluding diaryl/α,β-unsaturated/α-hetero) is 1. The van der Waals surface area contributed by atoms with Crippen LogP contribution in [0, 0.1) is 23.0 Å². The molecule has 136 valence electrons. The van der Waals surface area contributed by atoms with E-state index in [1.165, 1.54) is 0 Å². The maximum Gasteiger partial charge on any atom is 0.220 e. The van der Waals surface area contributed by atoms with Crippen LogP contribution in [0.4, 0.5) is 0 Å². The molecule has 0 unspecified atom stereocenters. The quantitative estimate of drug-likeness (QED) is 0.515. The van der Waals surface area contributed by atoms with Crippen molar-refractivity contribution < 1.29 is 14.8 Å². The minimum absolute atomic E-state index is 0.226. The average Bonchev–Trinajstić information content (AvgIpc) is 2.61. The smallest absolute Gasteiger partial charge is 0.220 e. The Hall–Kier alpha value is -2.53. The Bertz CT molecular complexity index is 799. The molecule has 1 fully saturated rings. The zero-order chi connectivity index (χ0) is 18.9. The second kappa shape index (κ2) is 7.00. The summed E-state index contributed by atoms with van der Waals surface area (Å²) in [7, 11) is 0. The molecule has 3 rings (SSSR count). The molecule has 5 nitrogen and oxygen atoms in total. The van der Waals surface area contributed by atoms with Crippen molar-refractivity contribution in [3.05, 3.63) is 81.4 Å². The summed E-state index contributed by atoms with van der Waals surface area (Å²) >= 11 is 0. The molecule has 5 heteroatoms. The van der Waals surface area contributed by atoms with Gasteiger partial charge >= 0.3 is 0 Å². The zero-order valence-corrected chi connectivity index (χ0v) is 15.0. The van der Waals surface area contributed by atoms with E-state index in [-0.39, 0.29) is 23.5 Å². The summed E-state index contributed by atoms with van der Waals surface area (Å²) in [5.41, 5.74) is 0.944. The first-order chi connectivity index (χ1) is 12.3. The normalized spacial score (nSPS) is 28.5. The molecule has 1 aliphatic rings. The van der Waals surface area contributed by atoms with Gasteiger partial charge in [0, 0.05) is 16.9 Å². The summed E-state index contributed by atoms with van der Waals surface area (Å²) in [6.07, 6.45) is 0.474. The number of nitro groups is 1. The van der Waals surface area contributed by atoms with Crippen molar-refractivity contribution in [2.75, 3.05) is 0 Å². The molecule has 0 aromatic heterocycles. The second-order valence-electron chi connectivity index (χ2n) is 7.39. The van der Waals surface area contributed by atoms with Crippen LogP contribution in [0.2, 0.25) is 0 Å². The number of aliphatic hydroxyl groups is 1. The first-order valence-corrected chi connectivity index (χ1v) is 8.83. The van der Waals surface area contributed by atoms with Crippen LogP contribution in [0.1, 0.15) is 47.2 Å². The molecule has 2 aromatic rings. The third kappa shape index (κ3) is 3.40. The van der Waals surface area contributed by atoms with Gasteiger partial charge in [0.2, 0.25) is 6.04 Å². The minimum Gasteiger partial charge on any atom is -0.389 e. The number of hydrogen-bond acceptors (Lipinski definition) is 4. The third-order valence-electron chi connectivity index (χ3n) is 5.46. The first-order valence-electron chi connectivity index (χ1n) is 8.83. The number of benzene rings is 2. The van der Waals surface area contributed by atoms with Gasteiger partial charge in [-0.15, -0.1) is 0 Å². The van der Waals surface area contributed by atoms with E-state index in [0.717, 1.165) is 11.1 Å². The molecule has 0 saturated heterocycles. The van der Waals surface area contributed by atoms with Crippen LogP contribution < -0.4 is 0 Å². The maximum absolute atomic E-state index is 13.3. The fourth-order valence-corrected chi connectivity index (χ4v) is 4.05.